The molecule has 2 N–H and O–H groups in total. The number of aliphatic carboxylic acids is 1. The third kappa shape index (κ3) is 6.65. The van der Waals surface area contributed by atoms with E-state index in [9.17, 15) is 17.8 Å². The highest BCUT2D eigenvalue weighted by atomic mass is 32.2. The minimum Gasteiger partial charge on any atom is -0.481 e. The first-order valence-corrected chi connectivity index (χ1v) is 18.6. The third-order valence-corrected chi connectivity index (χ3v) is 10.9. The number of rotatable bonds is 14. The Balaban J connectivity index is 1.47. The molecule has 3 aromatic carbocycles. The van der Waals surface area contributed by atoms with Crippen LogP contribution < -0.4 is 4.90 Å². The van der Waals surface area contributed by atoms with E-state index in [4.69, 9.17) is 5.11 Å². The van der Waals surface area contributed by atoms with Crippen molar-refractivity contribution in [2.24, 2.45) is 0 Å². The van der Waals surface area contributed by atoms with Crippen molar-refractivity contribution >= 4 is 43.9 Å². The Bertz CT molecular complexity index is 1940. The first-order valence-electron chi connectivity index (χ1n) is 17.2. The van der Waals surface area contributed by atoms with Gasteiger partial charge in [0.05, 0.1) is 5.41 Å². The smallest absolute Gasteiger partial charge is 0.303 e. The lowest BCUT2D eigenvalue weighted by molar-refractivity contribution is -0.437. The fraction of sp³-hybridized carbons (Fsp3) is 0.400. The van der Waals surface area contributed by atoms with Gasteiger partial charge in [0.1, 0.15) is 11.4 Å². The van der Waals surface area contributed by atoms with Gasteiger partial charge in [0.15, 0.2) is 5.71 Å². The van der Waals surface area contributed by atoms with Gasteiger partial charge in [0, 0.05) is 59.3 Å². The molecular weight excluding hydrogens is 621 g/mol. The van der Waals surface area contributed by atoms with Crippen molar-refractivity contribution in [2.75, 3.05) is 18.0 Å². The minimum absolute atomic E-state index is 0.0703. The van der Waals surface area contributed by atoms with Gasteiger partial charge in [-0.3, -0.25) is 9.35 Å². The number of carbonyl (C=O) groups is 1. The Labute approximate surface area is 285 Å². The maximum atomic E-state index is 12.2. The lowest BCUT2D eigenvalue weighted by atomic mass is 9.77. The summed E-state index contributed by atoms with van der Waals surface area (Å²) in [5, 5.41) is 10.4. The summed E-state index contributed by atoms with van der Waals surface area (Å²) < 4.78 is 36.6. The van der Waals surface area contributed by atoms with Crippen LogP contribution in [0.3, 0.4) is 0 Å². The number of carboxylic acid groups (broad SMARTS) is 1. The zero-order valence-electron chi connectivity index (χ0n) is 28.9. The monoisotopic (exact) mass is 669 g/mol. The van der Waals surface area contributed by atoms with E-state index in [2.05, 4.69) is 98.7 Å². The summed E-state index contributed by atoms with van der Waals surface area (Å²) >= 11 is 0. The molecule has 0 fully saturated rings. The topological polar surface area (TPSA) is 97.9 Å². The molecule has 0 amide bonds. The van der Waals surface area contributed by atoms with E-state index in [-0.39, 0.29) is 16.7 Å². The number of carboxylic acids is 1. The molecule has 1 unspecified atom stereocenters. The molecule has 7 nitrogen and oxygen atoms in total. The van der Waals surface area contributed by atoms with Gasteiger partial charge in [-0.05, 0) is 75.3 Å². The SMILES string of the molecule is CCCN1\C(=C/C=C/C=C/C2=[N+](CCC)c3ccc4c(S(=O)(=O)O)cccc4c3C2(C)C)C(C)(CCCCCC(=O)O)c2ccccc21. The van der Waals surface area contributed by atoms with Gasteiger partial charge in [0.2, 0.25) is 5.69 Å². The number of hydrogen-bond donors (Lipinski definition) is 2. The molecule has 0 spiro atoms. The molecule has 0 bridgehead atoms. The van der Waals surface area contributed by atoms with Crippen molar-refractivity contribution in [1.82, 2.24) is 0 Å². The van der Waals surface area contributed by atoms with Gasteiger partial charge < -0.3 is 10.0 Å². The van der Waals surface area contributed by atoms with E-state index in [1.165, 1.54) is 23.0 Å². The van der Waals surface area contributed by atoms with Crippen molar-refractivity contribution in [1.29, 1.82) is 0 Å². The van der Waals surface area contributed by atoms with Crippen LogP contribution in [0, 0.1) is 0 Å². The van der Waals surface area contributed by atoms with Gasteiger partial charge in [-0.25, -0.2) is 0 Å². The average Bonchev–Trinajstić information content (AvgIpc) is 3.40. The minimum atomic E-state index is -4.37. The molecule has 1 atom stereocenters. The van der Waals surface area contributed by atoms with Gasteiger partial charge >= 0.3 is 5.97 Å². The highest BCUT2D eigenvalue weighted by Crippen LogP contribution is 2.51. The van der Waals surface area contributed by atoms with Gasteiger partial charge in [-0.1, -0.05) is 75.2 Å². The van der Waals surface area contributed by atoms with E-state index >= 15 is 0 Å². The van der Waals surface area contributed by atoms with Crippen LogP contribution in [-0.4, -0.2) is 47.4 Å². The Morgan fingerprint density at radius 3 is 2.38 bits per heavy atom. The summed E-state index contributed by atoms with van der Waals surface area (Å²) in [6.07, 6.45) is 16.4. The fourth-order valence-corrected chi connectivity index (χ4v) is 8.52. The highest BCUT2D eigenvalue weighted by molar-refractivity contribution is 7.86. The van der Waals surface area contributed by atoms with E-state index in [1.807, 2.05) is 12.1 Å². The van der Waals surface area contributed by atoms with Gasteiger partial charge in [-0.2, -0.15) is 13.0 Å². The molecule has 0 radical (unpaired) electrons. The summed E-state index contributed by atoms with van der Waals surface area (Å²) in [7, 11) is -4.37. The molecule has 0 saturated heterocycles. The Kier molecular flexibility index (Phi) is 10.5. The zero-order valence-corrected chi connectivity index (χ0v) is 29.7. The molecule has 2 aliphatic heterocycles. The van der Waals surface area contributed by atoms with E-state index in [1.54, 1.807) is 12.1 Å². The summed E-state index contributed by atoms with van der Waals surface area (Å²) in [6, 6.07) is 17.5. The lowest BCUT2D eigenvalue weighted by Crippen LogP contribution is -2.29. The Morgan fingerprint density at radius 1 is 0.896 bits per heavy atom. The average molecular weight is 670 g/mol. The number of allylic oxidation sites excluding steroid dienone is 6. The summed E-state index contributed by atoms with van der Waals surface area (Å²) in [5.74, 6) is -0.735. The second-order valence-electron chi connectivity index (χ2n) is 13.7. The number of benzene rings is 3. The van der Waals surface area contributed by atoms with Crippen LogP contribution in [0.4, 0.5) is 11.4 Å². The third-order valence-electron chi connectivity index (χ3n) is 9.96. The van der Waals surface area contributed by atoms with Crippen molar-refractivity contribution in [3.05, 3.63) is 102 Å². The molecule has 2 aliphatic rings. The van der Waals surface area contributed by atoms with Crippen molar-refractivity contribution < 1.29 is 27.4 Å². The second kappa shape index (κ2) is 14.2. The van der Waals surface area contributed by atoms with E-state index in [0.29, 0.717) is 11.8 Å². The molecule has 2 heterocycles. The van der Waals surface area contributed by atoms with Crippen molar-refractivity contribution in [3.63, 3.8) is 0 Å². The maximum absolute atomic E-state index is 12.2. The molecule has 0 aliphatic carbocycles. The van der Waals surface area contributed by atoms with Gasteiger partial charge in [-0.15, -0.1) is 0 Å². The fourth-order valence-electron chi connectivity index (χ4n) is 7.81. The molecule has 0 saturated carbocycles. The molecule has 8 heteroatoms. The number of nitrogens with zero attached hydrogens (tertiary/aromatic N) is 2. The van der Waals surface area contributed by atoms with Crippen LogP contribution in [0.2, 0.25) is 0 Å². The number of anilines is 1. The zero-order chi connectivity index (χ0) is 34.7. The van der Waals surface area contributed by atoms with E-state index in [0.717, 1.165) is 67.5 Å². The standard InChI is InChI=1S/C40H48N2O5S/c1-6-27-41-32-19-14-13-18-31(32)40(5,26-15-9-12-23-37(43)44)36(41)22-11-8-10-21-35-39(3,4)38-30-17-16-20-34(48(45,46)47)29(30)24-25-33(38)42(35)28-7-2/h8,10-11,13-14,16-22,24-25H,6-7,9,12,15,23,26-28H2,1-5H3,(H-,43,44,45,46,47)/p+1. The molecule has 0 aromatic heterocycles. The molecule has 254 valence electrons. The predicted molar refractivity (Wildman–Crippen MR) is 195 cm³/mol. The van der Waals surface area contributed by atoms with Gasteiger partial charge in [0.25, 0.3) is 10.1 Å². The molecule has 5 rings (SSSR count). The Hall–Kier alpha value is -4.01. The van der Waals surface area contributed by atoms with Crippen LogP contribution in [0.25, 0.3) is 10.8 Å². The van der Waals surface area contributed by atoms with Crippen molar-refractivity contribution in [2.45, 2.75) is 95.3 Å². The number of hydrogen-bond acceptors (Lipinski definition) is 4. The number of unbranched alkanes of at least 4 members (excludes halogenated alkanes) is 2. The van der Waals surface area contributed by atoms with Crippen LogP contribution in [0.5, 0.6) is 0 Å². The first-order chi connectivity index (χ1) is 22.9. The normalized spacial score (nSPS) is 19.7. The maximum Gasteiger partial charge on any atom is 0.303 e. The van der Waals surface area contributed by atoms with Crippen LogP contribution in [-0.2, 0) is 25.7 Å². The highest BCUT2D eigenvalue weighted by Gasteiger charge is 2.46. The first kappa shape index (κ1) is 35.3. The molecule has 48 heavy (non-hydrogen) atoms. The van der Waals surface area contributed by atoms with E-state index < -0.39 is 21.5 Å². The largest absolute Gasteiger partial charge is 0.481 e. The quantitative estimate of drug-likeness (QED) is 0.0769. The predicted octanol–water partition coefficient (Wildman–Crippen LogP) is 9.09. The lowest BCUT2D eigenvalue weighted by Gasteiger charge is -2.30. The summed E-state index contributed by atoms with van der Waals surface area (Å²) in [5.41, 5.74) is 6.52. The summed E-state index contributed by atoms with van der Waals surface area (Å²) in [6.45, 7) is 12.8. The molecular formula is C40H49N2O5S+. The molecule has 3 aromatic rings. The van der Waals surface area contributed by atoms with Crippen LogP contribution in [0.15, 0.2) is 95.6 Å². The van der Waals surface area contributed by atoms with Crippen molar-refractivity contribution in [3.8, 4) is 0 Å². The number of para-hydroxylation sites is 1. The van der Waals surface area contributed by atoms with Crippen LogP contribution in [0.1, 0.15) is 90.7 Å². The second-order valence-corrected chi connectivity index (χ2v) is 15.1. The summed E-state index contributed by atoms with van der Waals surface area (Å²) in [4.78, 5) is 13.4. The van der Waals surface area contributed by atoms with Crippen LogP contribution >= 0.6 is 0 Å². The Morgan fingerprint density at radius 2 is 1.67 bits per heavy atom. The number of fused-ring (bicyclic) bond motifs is 4.